The van der Waals surface area contributed by atoms with E-state index in [1.165, 1.54) is 4.90 Å². The van der Waals surface area contributed by atoms with Gasteiger partial charge in [0.1, 0.15) is 6.04 Å². The van der Waals surface area contributed by atoms with E-state index in [0.717, 1.165) is 19.3 Å². The van der Waals surface area contributed by atoms with Crippen LogP contribution in [0.1, 0.15) is 46.5 Å². The number of carbonyl (C=O) groups excluding carboxylic acids is 1. The highest BCUT2D eigenvalue weighted by molar-refractivity contribution is 5.84. The van der Waals surface area contributed by atoms with E-state index in [1.807, 2.05) is 20.8 Å². The lowest BCUT2D eigenvalue weighted by molar-refractivity contribution is -0.159. The average molecular weight is 271 g/mol. The van der Waals surface area contributed by atoms with Gasteiger partial charge in [0.15, 0.2) is 0 Å². The molecule has 5 nitrogen and oxygen atoms in total. The Balaban J connectivity index is 2.62. The van der Waals surface area contributed by atoms with Crippen LogP contribution in [0.3, 0.4) is 0 Å². The first-order valence-electron chi connectivity index (χ1n) is 7.00. The zero-order valence-corrected chi connectivity index (χ0v) is 12.1. The molecule has 1 rings (SSSR count). The maximum absolute atomic E-state index is 12.1. The summed E-state index contributed by atoms with van der Waals surface area (Å²) in [5.41, 5.74) is -0.371. The highest BCUT2D eigenvalue weighted by atomic mass is 16.5. The fourth-order valence-corrected chi connectivity index (χ4v) is 2.68. The maximum atomic E-state index is 12.1. The third-order valence-electron chi connectivity index (χ3n) is 3.64. The number of piperidine rings is 1. The first kappa shape index (κ1) is 16.0. The minimum Gasteiger partial charge on any atom is -0.480 e. The highest BCUT2D eigenvalue weighted by Crippen LogP contribution is 2.35. The zero-order valence-electron chi connectivity index (χ0n) is 12.1. The lowest BCUT2D eigenvalue weighted by Crippen LogP contribution is -2.56. The van der Waals surface area contributed by atoms with Gasteiger partial charge in [-0.3, -0.25) is 4.79 Å². The van der Waals surface area contributed by atoms with Crippen molar-refractivity contribution in [3.8, 4) is 0 Å². The fourth-order valence-electron chi connectivity index (χ4n) is 2.68. The van der Waals surface area contributed by atoms with E-state index < -0.39 is 12.0 Å². The number of aliphatic carboxylic acids is 1. The van der Waals surface area contributed by atoms with Gasteiger partial charge in [-0.25, -0.2) is 4.79 Å². The summed E-state index contributed by atoms with van der Waals surface area (Å²) in [5.74, 6) is -1.02. The molecule has 0 aromatic heterocycles. The van der Waals surface area contributed by atoms with Crippen LogP contribution in [0.25, 0.3) is 0 Å². The molecule has 1 atom stereocenters. The summed E-state index contributed by atoms with van der Waals surface area (Å²) < 4.78 is 5.30. The van der Waals surface area contributed by atoms with Gasteiger partial charge in [0.05, 0.1) is 13.0 Å². The van der Waals surface area contributed by atoms with Crippen molar-refractivity contribution in [2.24, 2.45) is 5.41 Å². The van der Waals surface area contributed by atoms with Crippen LogP contribution in [0.5, 0.6) is 0 Å². The minimum atomic E-state index is -0.910. The van der Waals surface area contributed by atoms with Crippen LogP contribution in [0.2, 0.25) is 0 Å². The van der Waals surface area contributed by atoms with Gasteiger partial charge < -0.3 is 14.7 Å². The first-order valence-corrected chi connectivity index (χ1v) is 7.00. The summed E-state index contributed by atoms with van der Waals surface area (Å²) in [6.45, 7) is 7.39. The van der Waals surface area contributed by atoms with Gasteiger partial charge in [-0.15, -0.1) is 0 Å². The number of carboxylic acid groups (broad SMARTS) is 1. The number of hydrogen-bond donors (Lipinski definition) is 1. The van der Waals surface area contributed by atoms with Crippen molar-refractivity contribution in [3.05, 3.63) is 0 Å². The predicted molar refractivity (Wildman–Crippen MR) is 71.9 cm³/mol. The first-order chi connectivity index (χ1) is 8.90. The number of rotatable bonds is 6. The number of ether oxygens (including phenoxy) is 1. The summed E-state index contributed by atoms with van der Waals surface area (Å²) in [5, 5.41) is 9.38. The van der Waals surface area contributed by atoms with Gasteiger partial charge in [-0.1, -0.05) is 20.8 Å². The molecule has 1 N–H and O–H groups in total. The Hall–Kier alpha value is -1.10. The Kier molecular flexibility index (Phi) is 5.79. The number of hydrogen-bond acceptors (Lipinski definition) is 3. The monoisotopic (exact) mass is 271 g/mol. The zero-order chi connectivity index (χ0) is 14.5. The third-order valence-corrected chi connectivity index (χ3v) is 3.64. The van der Waals surface area contributed by atoms with Crippen molar-refractivity contribution >= 4 is 11.9 Å². The highest BCUT2D eigenvalue weighted by Gasteiger charge is 2.44. The molecule has 0 radical (unpaired) electrons. The second kappa shape index (κ2) is 6.89. The maximum Gasteiger partial charge on any atom is 0.326 e. The summed E-state index contributed by atoms with van der Waals surface area (Å²) in [6, 6.07) is -0.722. The van der Waals surface area contributed by atoms with Crippen molar-refractivity contribution in [2.45, 2.75) is 52.5 Å². The van der Waals surface area contributed by atoms with Gasteiger partial charge in [0.2, 0.25) is 5.91 Å². The van der Waals surface area contributed by atoms with Crippen LogP contribution in [0.4, 0.5) is 0 Å². The van der Waals surface area contributed by atoms with Crippen LogP contribution in [-0.4, -0.2) is 47.7 Å². The van der Waals surface area contributed by atoms with Crippen LogP contribution in [-0.2, 0) is 14.3 Å². The predicted octanol–water partition coefficient (Wildman–Crippen LogP) is 1.90. The molecule has 1 unspecified atom stereocenters. The van der Waals surface area contributed by atoms with E-state index in [0.29, 0.717) is 19.8 Å². The smallest absolute Gasteiger partial charge is 0.326 e. The Bertz CT molecular complexity index is 327. The molecule has 110 valence electrons. The average Bonchev–Trinajstić information content (AvgIpc) is 2.32. The molecule has 0 aromatic rings. The number of carbonyl (C=O) groups is 2. The topological polar surface area (TPSA) is 66.8 Å². The lowest BCUT2D eigenvalue weighted by Gasteiger charge is -2.44. The normalized spacial score (nSPS) is 22.3. The second-order valence-corrected chi connectivity index (χ2v) is 5.78. The molecule has 1 saturated heterocycles. The largest absolute Gasteiger partial charge is 0.480 e. The number of carboxylic acids is 1. The summed E-state index contributed by atoms with van der Waals surface area (Å²) >= 11 is 0. The van der Waals surface area contributed by atoms with E-state index in [-0.39, 0.29) is 17.7 Å². The molecule has 5 heteroatoms. The molecular formula is C14H25NO4. The molecule has 0 spiro atoms. The van der Waals surface area contributed by atoms with Crippen molar-refractivity contribution in [1.82, 2.24) is 4.90 Å². The molecule has 1 heterocycles. The number of likely N-dealkylation sites (tertiary alicyclic amines) is 1. The second-order valence-electron chi connectivity index (χ2n) is 5.78. The SMILES string of the molecule is CCCOCCC(=O)N1CCCC(C)(C)C1C(=O)O. The van der Waals surface area contributed by atoms with Crippen molar-refractivity contribution < 1.29 is 19.4 Å². The molecule has 0 aliphatic carbocycles. The Morgan fingerprint density at radius 3 is 2.63 bits per heavy atom. The Morgan fingerprint density at radius 2 is 2.05 bits per heavy atom. The molecule has 1 aliphatic rings. The fraction of sp³-hybridized carbons (Fsp3) is 0.857. The molecule has 0 aromatic carbocycles. The van der Waals surface area contributed by atoms with Gasteiger partial charge in [-0.2, -0.15) is 0 Å². The van der Waals surface area contributed by atoms with Gasteiger partial charge in [-0.05, 0) is 24.7 Å². The number of amides is 1. The number of nitrogens with zero attached hydrogens (tertiary/aromatic N) is 1. The van der Waals surface area contributed by atoms with Gasteiger partial charge in [0.25, 0.3) is 0 Å². The third kappa shape index (κ3) is 4.20. The van der Waals surface area contributed by atoms with Gasteiger partial charge >= 0.3 is 5.97 Å². The molecule has 19 heavy (non-hydrogen) atoms. The quantitative estimate of drug-likeness (QED) is 0.749. The van der Waals surface area contributed by atoms with Crippen molar-refractivity contribution in [3.63, 3.8) is 0 Å². The molecule has 1 aliphatic heterocycles. The Morgan fingerprint density at radius 1 is 1.37 bits per heavy atom. The van der Waals surface area contributed by atoms with E-state index >= 15 is 0 Å². The van der Waals surface area contributed by atoms with E-state index in [2.05, 4.69) is 0 Å². The van der Waals surface area contributed by atoms with E-state index in [4.69, 9.17) is 4.74 Å². The van der Waals surface area contributed by atoms with Gasteiger partial charge in [0, 0.05) is 13.2 Å². The molecular weight excluding hydrogens is 246 g/mol. The van der Waals surface area contributed by atoms with Crippen LogP contribution < -0.4 is 0 Å². The molecule has 1 fully saturated rings. The van der Waals surface area contributed by atoms with Crippen molar-refractivity contribution in [2.75, 3.05) is 19.8 Å². The lowest BCUT2D eigenvalue weighted by atomic mass is 9.76. The Labute approximate surface area is 114 Å². The van der Waals surface area contributed by atoms with Crippen LogP contribution >= 0.6 is 0 Å². The van der Waals surface area contributed by atoms with Crippen molar-refractivity contribution in [1.29, 1.82) is 0 Å². The summed E-state index contributed by atoms with van der Waals surface area (Å²) in [6.07, 6.45) is 2.88. The molecule has 0 saturated carbocycles. The summed E-state index contributed by atoms with van der Waals surface area (Å²) in [4.78, 5) is 25.1. The minimum absolute atomic E-state index is 0.115. The molecule has 0 bridgehead atoms. The summed E-state index contributed by atoms with van der Waals surface area (Å²) in [7, 11) is 0. The van der Waals surface area contributed by atoms with Crippen LogP contribution in [0.15, 0.2) is 0 Å². The van der Waals surface area contributed by atoms with E-state index in [9.17, 15) is 14.7 Å². The molecule has 1 amide bonds. The van der Waals surface area contributed by atoms with Crippen LogP contribution in [0, 0.1) is 5.41 Å². The van der Waals surface area contributed by atoms with E-state index in [1.54, 1.807) is 0 Å². The standard InChI is InChI=1S/C14H25NO4/c1-4-9-19-10-6-11(16)15-8-5-7-14(2,3)12(15)13(17)18/h12H,4-10H2,1-3H3,(H,17,18).